The maximum atomic E-state index is 13.0. The maximum absolute atomic E-state index is 13.0. The minimum Gasteiger partial charge on any atom is -0.481 e. The van der Waals surface area contributed by atoms with Gasteiger partial charge in [0, 0.05) is 18.8 Å². The van der Waals surface area contributed by atoms with Gasteiger partial charge in [0.25, 0.3) is 0 Å². The van der Waals surface area contributed by atoms with Crippen LogP contribution in [-0.2, 0) is 6.54 Å². The Bertz CT molecular complexity index is 710. The molecule has 6 nitrogen and oxygen atoms in total. The number of carbonyl (C=O) groups is 1. The Labute approximate surface area is 126 Å². The summed E-state index contributed by atoms with van der Waals surface area (Å²) in [5.74, 6) is -0.0509. The number of pyridine rings is 1. The van der Waals surface area contributed by atoms with Crippen molar-refractivity contribution >= 4 is 11.7 Å². The van der Waals surface area contributed by atoms with Crippen LogP contribution in [-0.4, -0.2) is 18.1 Å². The van der Waals surface area contributed by atoms with Gasteiger partial charge in [0.15, 0.2) is 0 Å². The highest BCUT2D eigenvalue weighted by Crippen LogP contribution is 2.15. The molecule has 0 atom stereocenters. The van der Waals surface area contributed by atoms with E-state index in [4.69, 9.17) is 10.00 Å². The van der Waals surface area contributed by atoms with Gasteiger partial charge in [0.1, 0.15) is 11.9 Å². The van der Waals surface area contributed by atoms with Crippen molar-refractivity contribution in [3.05, 3.63) is 53.5 Å². The number of carbonyl (C=O) groups excluding carboxylic acids is 1. The summed E-state index contributed by atoms with van der Waals surface area (Å²) in [4.78, 5) is 15.8. The second kappa shape index (κ2) is 7.04. The van der Waals surface area contributed by atoms with E-state index < -0.39 is 11.8 Å². The first-order chi connectivity index (χ1) is 10.6. The summed E-state index contributed by atoms with van der Waals surface area (Å²) >= 11 is 0. The lowest BCUT2D eigenvalue weighted by Gasteiger charge is -2.09. The molecule has 1 aromatic heterocycles. The van der Waals surface area contributed by atoms with Crippen molar-refractivity contribution < 1.29 is 13.9 Å². The van der Waals surface area contributed by atoms with Crippen LogP contribution in [0.2, 0.25) is 0 Å². The van der Waals surface area contributed by atoms with Crippen LogP contribution in [0.25, 0.3) is 0 Å². The highest BCUT2D eigenvalue weighted by Gasteiger charge is 2.07. The first kappa shape index (κ1) is 15.3. The second-order valence-electron chi connectivity index (χ2n) is 4.32. The average Bonchev–Trinajstić information content (AvgIpc) is 2.55. The number of nitriles is 1. The standard InChI is InChI=1S/C15H13FN4O2/c1-22-14-5-2-10(8-18-14)9-19-15(21)20-13-4-3-12(16)6-11(13)7-17/h2-6,8H,9H2,1H3,(H2,19,20,21). The molecular formula is C15H13FN4O2. The molecule has 0 bridgehead atoms. The quantitative estimate of drug-likeness (QED) is 0.907. The van der Waals surface area contributed by atoms with Crippen LogP contribution in [0.15, 0.2) is 36.5 Å². The van der Waals surface area contributed by atoms with E-state index in [9.17, 15) is 9.18 Å². The van der Waals surface area contributed by atoms with Gasteiger partial charge in [0.05, 0.1) is 18.4 Å². The molecule has 0 saturated carbocycles. The number of nitrogens with zero attached hydrogens (tertiary/aromatic N) is 2. The lowest BCUT2D eigenvalue weighted by Crippen LogP contribution is -2.28. The Hall–Kier alpha value is -3.14. The molecular weight excluding hydrogens is 287 g/mol. The molecule has 1 aromatic carbocycles. The Morgan fingerprint density at radius 3 is 2.86 bits per heavy atom. The summed E-state index contributed by atoms with van der Waals surface area (Å²) in [6.45, 7) is 0.256. The molecule has 2 N–H and O–H groups in total. The number of anilines is 1. The van der Waals surface area contributed by atoms with Gasteiger partial charge in [-0.2, -0.15) is 5.26 Å². The molecule has 2 rings (SSSR count). The van der Waals surface area contributed by atoms with Gasteiger partial charge in [0.2, 0.25) is 5.88 Å². The van der Waals surface area contributed by atoms with Crippen molar-refractivity contribution in [1.82, 2.24) is 10.3 Å². The van der Waals surface area contributed by atoms with Crippen LogP contribution in [0, 0.1) is 17.1 Å². The number of hydrogen-bond donors (Lipinski definition) is 2. The molecule has 0 unspecified atom stereocenters. The average molecular weight is 300 g/mol. The predicted molar refractivity (Wildman–Crippen MR) is 77.8 cm³/mol. The van der Waals surface area contributed by atoms with Gasteiger partial charge >= 0.3 is 6.03 Å². The zero-order chi connectivity index (χ0) is 15.9. The third-order valence-corrected chi connectivity index (χ3v) is 2.81. The molecule has 22 heavy (non-hydrogen) atoms. The number of ether oxygens (including phenoxy) is 1. The molecule has 0 spiro atoms. The fraction of sp³-hybridized carbons (Fsp3) is 0.133. The summed E-state index contributed by atoms with van der Waals surface area (Å²) in [7, 11) is 1.52. The fourth-order valence-electron chi connectivity index (χ4n) is 1.70. The zero-order valence-electron chi connectivity index (χ0n) is 11.8. The van der Waals surface area contributed by atoms with E-state index in [1.807, 2.05) is 6.07 Å². The Morgan fingerprint density at radius 2 is 2.23 bits per heavy atom. The summed E-state index contributed by atoms with van der Waals surface area (Å²) in [6.07, 6.45) is 1.58. The summed E-state index contributed by atoms with van der Waals surface area (Å²) in [6, 6.07) is 8.34. The number of aromatic nitrogens is 1. The second-order valence-corrected chi connectivity index (χ2v) is 4.32. The minimum absolute atomic E-state index is 0.0567. The smallest absolute Gasteiger partial charge is 0.319 e. The van der Waals surface area contributed by atoms with Gasteiger partial charge in [-0.25, -0.2) is 14.2 Å². The number of nitrogens with one attached hydrogen (secondary N) is 2. The van der Waals surface area contributed by atoms with E-state index >= 15 is 0 Å². The minimum atomic E-state index is -0.535. The van der Waals surface area contributed by atoms with Crippen LogP contribution in [0.5, 0.6) is 5.88 Å². The summed E-state index contributed by atoms with van der Waals surface area (Å²) < 4.78 is 17.9. The Balaban J connectivity index is 1.94. The molecule has 0 aliphatic heterocycles. The molecule has 0 aliphatic rings. The number of rotatable bonds is 4. The van der Waals surface area contributed by atoms with Crippen molar-refractivity contribution in [3.63, 3.8) is 0 Å². The Morgan fingerprint density at radius 1 is 1.41 bits per heavy atom. The molecule has 2 amide bonds. The van der Waals surface area contributed by atoms with Gasteiger partial charge in [-0.15, -0.1) is 0 Å². The maximum Gasteiger partial charge on any atom is 0.319 e. The van der Waals surface area contributed by atoms with E-state index in [1.54, 1.807) is 18.3 Å². The van der Waals surface area contributed by atoms with Gasteiger partial charge in [-0.1, -0.05) is 6.07 Å². The SMILES string of the molecule is COc1ccc(CNC(=O)Nc2ccc(F)cc2C#N)cn1. The number of methoxy groups -OCH3 is 1. The van der Waals surface area contributed by atoms with Crippen LogP contribution in [0.4, 0.5) is 14.9 Å². The molecule has 0 aliphatic carbocycles. The molecule has 2 aromatic rings. The number of benzene rings is 1. The van der Waals surface area contributed by atoms with Crippen LogP contribution >= 0.6 is 0 Å². The van der Waals surface area contributed by atoms with Crippen molar-refractivity contribution in [2.24, 2.45) is 0 Å². The third kappa shape index (κ3) is 3.93. The third-order valence-electron chi connectivity index (χ3n) is 2.81. The van der Waals surface area contributed by atoms with Crippen molar-refractivity contribution in [2.75, 3.05) is 12.4 Å². The highest BCUT2D eigenvalue weighted by molar-refractivity contribution is 5.90. The lowest BCUT2D eigenvalue weighted by atomic mass is 10.2. The lowest BCUT2D eigenvalue weighted by molar-refractivity contribution is 0.251. The molecule has 7 heteroatoms. The Kier molecular flexibility index (Phi) is 4.88. The van der Waals surface area contributed by atoms with Crippen molar-refractivity contribution in [3.8, 4) is 11.9 Å². The van der Waals surface area contributed by atoms with E-state index in [0.29, 0.717) is 5.88 Å². The highest BCUT2D eigenvalue weighted by atomic mass is 19.1. The van der Waals surface area contributed by atoms with Crippen molar-refractivity contribution in [1.29, 1.82) is 5.26 Å². The fourth-order valence-corrected chi connectivity index (χ4v) is 1.70. The number of amides is 2. The van der Waals surface area contributed by atoms with Crippen molar-refractivity contribution in [2.45, 2.75) is 6.54 Å². The van der Waals surface area contributed by atoms with E-state index in [2.05, 4.69) is 15.6 Å². The summed E-state index contributed by atoms with van der Waals surface area (Å²) in [5, 5.41) is 14.0. The number of urea groups is 1. The van der Waals surface area contributed by atoms with E-state index in [0.717, 1.165) is 11.6 Å². The largest absolute Gasteiger partial charge is 0.481 e. The molecule has 1 heterocycles. The van der Waals surface area contributed by atoms with Crippen LogP contribution in [0.3, 0.4) is 0 Å². The van der Waals surface area contributed by atoms with Gasteiger partial charge in [-0.05, 0) is 23.8 Å². The van der Waals surface area contributed by atoms with E-state index in [-0.39, 0.29) is 17.8 Å². The summed E-state index contributed by atoms with van der Waals surface area (Å²) in [5.41, 5.74) is 1.09. The number of hydrogen-bond acceptors (Lipinski definition) is 4. The molecule has 112 valence electrons. The monoisotopic (exact) mass is 300 g/mol. The molecule has 0 fully saturated rings. The number of halogens is 1. The van der Waals surface area contributed by atoms with Crippen LogP contribution < -0.4 is 15.4 Å². The van der Waals surface area contributed by atoms with Gasteiger partial charge in [-0.3, -0.25) is 0 Å². The molecule has 0 radical (unpaired) electrons. The first-order valence-electron chi connectivity index (χ1n) is 6.36. The normalized spacial score (nSPS) is 9.68. The van der Waals surface area contributed by atoms with Crippen LogP contribution in [0.1, 0.15) is 11.1 Å². The topological polar surface area (TPSA) is 87.0 Å². The van der Waals surface area contributed by atoms with Gasteiger partial charge < -0.3 is 15.4 Å². The predicted octanol–water partition coefficient (Wildman–Crippen LogP) is 2.42. The van der Waals surface area contributed by atoms with E-state index in [1.165, 1.54) is 19.2 Å². The first-order valence-corrected chi connectivity index (χ1v) is 6.36. The molecule has 0 saturated heterocycles. The zero-order valence-corrected chi connectivity index (χ0v) is 11.8.